The summed E-state index contributed by atoms with van der Waals surface area (Å²) in [5.41, 5.74) is 8.05. The van der Waals surface area contributed by atoms with E-state index in [9.17, 15) is 4.79 Å². The number of benzene rings is 2. The Kier molecular flexibility index (Phi) is 3.98. The second-order valence-corrected chi connectivity index (χ2v) is 5.02. The Morgan fingerprint density at radius 2 is 1.79 bits per heavy atom. The standard InChI is InChI=1S/C14H12Cl2N2O/c1-8-2-4-10(5-3-8)18-14(19)13-11(16)6-9(15)7-12(13)17/h2-7H,17H2,1H3,(H,18,19). The summed E-state index contributed by atoms with van der Waals surface area (Å²) in [6.07, 6.45) is 0. The second-order valence-electron chi connectivity index (χ2n) is 4.17. The van der Waals surface area contributed by atoms with E-state index in [-0.39, 0.29) is 22.2 Å². The van der Waals surface area contributed by atoms with E-state index in [2.05, 4.69) is 5.32 Å². The predicted molar refractivity (Wildman–Crippen MR) is 80.0 cm³/mol. The van der Waals surface area contributed by atoms with E-state index in [0.717, 1.165) is 5.56 Å². The minimum atomic E-state index is -0.358. The van der Waals surface area contributed by atoms with Gasteiger partial charge in [-0.3, -0.25) is 4.79 Å². The molecule has 3 N–H and O–H groups in total. The molecule has 2 aromatic carbocycles. The largest absolute Gasteiger partial charge is 0.398 e. The number of nitrogen functional groups attached to an aromatic ring is 1. The van der Waals surface area contributed by atoms with E-state index in [4.69, 9.17) is 28.9 Å². The molecular weight excluding hydrogens is 283 g/mol. The molecule has 0 bridgehead atoms. The van der Waals surface area contributed by atoms with Crippen molar-refractivity contribution in [3.05, 3.63) is 57.6 Å². The van der Waals surface area contributed by atoms with E-state index in [0.29, 0.717) is 10.7 Å². The minimum absolute atomic E-state index is 0.228. The fourth-order valence-corrected chi connectivity index (χ4v) is 2.26. The van der Waals surface area contributed by atoms with Gasteiger partial charge >= 0.3 is 0 Å². The molecule has 0 aliphatic carbocycles. The van der Waals surface area contributed by atoms with Crippen LogP contribution in [0.2, 0.25) is 10.0 Å². The molecule has 0 spiro atoms. The van der Waals surface area contributed by atoms with Crippen LogP contribution < -0.4 is 11.1 Å². The number of hydrogen-bond acceptors (Lipinski definition) is 2. The Hall–Kier alpha value is -1.71. The fourth-order valence-electron chi connectivity index (χ4n) is 1.66. The van der Waals surface area contributed by atoms with Gasteiger partial charge in [0.05, 0.1) is 10.6 Å². The van der Waals surface area contributed by atoms with Crippen LogP contribution in [0.25, 0.3) is 0 Å². The number of carbonyl (C=O) groups is 1. The van der Waals surface area contributed by atoms with E-state index in [1.807, 2.05) is 31.2 Å². The number of nitrogens with one attached hydrogen (secondary N) is 1. The van der Waals surface area contributed by atoms with Gasteiger partial charge < -0.3 is 11.1 Å². The van der Waals surface area contributed by atoms with Crippen molar-refractivity contribution in [2.45, 2.75) is 6.92 Å². The first-order valence-electron chi connectivity index (χ1n) is 5.60. The summed E-state index contributed by atoms with van der Waals surface area (Å²) < 4.78 is 0. The molecule has 2 aromatic rings. The third-order valence-electron chi connectivity index (χ3n) is 2.62. The lowest BCUT2D eigenvalue weighted by molar-refractivity contribution is 0.102. The number of amides is 1. The predicted octanol–water partition coefficient (Wildman–Crippen LogP) is 4.14. The number of carbonyl (C=O) groups excluding carboxylic acids is 1. The van der Waals surface area contributed by atoms with Crippen LogP contribution in [0.1, 0.15) is 15.9 Å². The van der Waals surface area contributed by atoms with E-state index in [1.165, 1.54) is 12.1 Å². The van der Waals surface area contributed by atoms with Gasteiger partial charge in [0.1, 0.15) is 0 Å². The summed E-state index contributed by atoms with van der Waals surface area (Å²) in [7, 11) is 0. The van der Waals surface area contributed by atoms with Crippen molar-refractivity contribution in [2.24, 2.45) is 0 Å². The first kappa shape index (κ1) is 13.7. The lowest BCUT2D eigenvalue weighted by Crippen LogP contribution is -2.14. The number of aryl methyl sites for hydroxylation is 1. The van der Waals surface area contributed by atoms with Crippen LogP contribution in [0.4, 0.5) is 11.4 Å². The topological polar surface area (TPSA) is 55.1 Å². The molecule has 0 saturated heterocycles. The zero-order valence-corrected chi connectivity index (χ0v) is 11.7. The van der Waals surface area contributed by atoms with Crippen molar-refractivity contribution >= 4 is 40.5 Å². The van der Waals surface area contributed by atoms with Gasteiger partial charge in [0.15, 0.2) is 0 Å². The molecule has 98 valence electrons. The van der Waals surface area contributed by atoms with Gasteiger partial charge in [-0.15, -0.1) is 0 Å². The smallest absolute Gasteiger partial charge is 0.259 e. The number of nitrogens with two attached hydrogens (primary N) is 1. The maximum atomic E-state index is 12.1. The SMILES string of the molecule is Cc1ccc(NC(=O)c2c(N)cc(Cl)cc2Cl)cc1. The zero-order chi connectivity index (χ0) is 14.0. The summed E-state index contributed by atoms with van der Waals surface area (Å²) in [4.78, 5) is 12.1. The second kappa shape index (κ2) is 5.51. The van der Waals surface area contributed by atoms with Crippen molar-refractivity contribution in [3.8, 4) is 0 Å². The highest BCUT2D eigenvalue weighted by molar-refractivity contribution is 6.38. The molecule has 0 aliphatic heterocycles. The monoisotopic (exact) mass is 294 g/mol. The summed E-state index contributed by atoms with van der Waals surface area (Å²) in [5, 5.41) is 3.37. The van der Waals surface area contributed by atoms with Crippen molar-refractivity contribution in [2.75, 3.05) is 11.1 Å². The molecule has 3 nitrogen and oxygen atoms in total. The Bertz CT molecular complexity index is 601. The molecule has 0 aliphatic rings. The van der Waals surface area contributed by atoms with Crippen LogP contribution in [0.15, 0.2) is 36.4 Å². The number of halogens is 2. The molecule has 0 saturated carbocycles. The normalized spacial score (nSPS) is 10.3. The minimum Gasteiger partial charge on any atom is -0.398 e. The summed E-state index contributed by atoms with van der Waals surface area (Å²) in [6, 6.07) is 10.4. The molecule has 0 radical (unpaired) electrons. The number of rotatable bonds is 2. The van der Waals surface area contributed by atoms with E-state index in [1.54, 1.807) is 0 Å². The summed E-state index contributed by atoms with van der Waals surface area (Å²) in [5.74, 6) is -0.358. The molecule has 0 fully saturated rings. The Morgan fingerprint density at radius 3 is 2.37 bits per heavy atom. The van der Waals surface area contributed by atoms with Gasteiger partial charge in [0.25, 0.3) is 5.91 Å². The molecule has 19 heavy (non-hydrogen) atoms. The van der Waals surface area contributed by atoms with E-state index >= 15 is 0 Å². The van der Waals surface area contributed by atoms with Crippen LogP contribution >= 0.6 is 23.2 Å². The maximum absolute atomic E-state index is 12.1. The quantitative estimate of drug-likeness (QED) is 0.818. The highest BCUT2D eigenvalue weighted by Gasteiger charge is 2.15. The third kappa shape index (κ3) is 3.19. The lowest BCUT2D eigenvalue weighted by atomic mass is 10.1. The highest BCUT2D eigenvalue weighted by atomic mass is 35.5. The van der Waals surface area contributed by atoms with E-state index < -0.39 is 0 Å². The fraction of sp³-hybridized carbons (Fsp3) is 0.0714. The zero-order valence-electron chi connectivity index (χ0n) is 10.2. The molecule has 0 aromatic heterocycles. The molecule has 0 atom stereocenters. The highest BCUT2D eigenvalue weighted by Crippen LogP contribution is 2.28. The van der Waals surface area contributed by atoms with Crippen molar-refractivity contribution in [1.82, 2.24) is 0 Å². The van der Waals surface area contributed by atoms with Crippen LogP contribution in [0, 0.1) is 6.92 Å². The van der Waals surface area contributed by atoms with Gasteiger partial charge in [-0.1, -0.05) is 40.9 Å². The van der Waals surface area contributed by atoms with Gasteiger partial charge in [0.2, 0.25) is 0 Å². The molecule has 0 heterocycles. The van der Waals surface area contributed by atoms with Crippen molar-refractivity contribution in [1.29, 1.82) is 0 Å². The first-order valence-corrected chi connectivity index (χ1v) is 6.35. The molecule has 0 unspecified atom stereocenters. The van der Waals surface area contributed by atoms with Crippen molar-refractivity contribution in [3.63, 3.8) is 0 Å². The summed E-state index contributed by atoms with van der Waals surface area (Å²) >= 11 is 11.8. The number of anilines is 2. The Balaban J connectivity index is 2.28. The summed E-state index contributed by atoms with van der Waals surface area (Å²) in [6.45, 7) is 1.97. The van der Waals surface area contributed by atoms with Crippen molar-refractivity contribution < 1.29 is 4.79 Å². The average Bonchev–Trinajstić information content (AvgIpc) is 2.30. The van der Waals surface area contributed by atoms with Crippen LogP contribution in [0.5, 0.6) is 0 Å². The molecular formula is C14H12Cl2N2O. The average molecular weight is 295 g/mol. The maximum Gasteiger partial charge on any atom is 0.259 e. The molecule has 2 rings (SSSR count). The lowest BCUT2D eigenvalue weighted by Gasteiger charge is -2.10. The molecule has 5 heteroatoms. The van der Waals surface area contributed by atoms with Gasteiger partial charge in [0, 0.05) is 16.4 Å². The van der Waals surface area contributed by atoms with Gasteiger partial charge in [-0.05, 0) is 31.2 Å². The Morgan fingerprint density at radius 1 is 1.16 bits per heavy atom. The van der Waals surface area contributed by atoms with Crippen LogP contribution in [-0.2, 0) is 0 Å². The van der Waals surface area contributed by atoms with Crippen LogP contribution in [-0.4, -0.2) is 5.91 Å². The molecule has 1 amide bonds. The van der Waals surface area contributed by atoms with Gasteiger partial charge in [-0.25, -0.2) is 0 Å². The van der Waals surface area contributed by atoms with Gasteiger partial charge in [-0.2, -0.15) is 0 Å². The first-order chi connectivity index (χ1) is 8.97. The Labute approximate surface area is 121 Å². The number of hydrogen-bond donors (Lipinski definition) is 2. The third-order valence-corrected chi connectivity index (χ3v) is 3.14. The van der Waals surface area contributed by atoms with Crippen LogP contribution in [0.3, 0.4) is 0 Å².